The van der Waals surface area contributed by atoms with Crippen molar-refractivity contribution in [3.8, 4) is 0 Å². The van der Waals surface area contributed by atoms with Crippen LogP contribution in [0.1, 0.15) is 25.8 Å². The topological polar surface area (TPSA) is 54.1 Å². The van der Waals surface area contributed by atoms with Crippen LogP contribution in [0.4, 0.5) is 0 Å². The largest absolute Gasteiger partial charge is 0.376 e. The smallest absolute Gasteiger partial charge is 0.225 e. The van der Waals surface area contributed by atoms with E-state index in [-0.39, 0.29) is 17.6 Å². The summed E-state index contributed by atoms with van der Waals surface area (Å²) in [5.41, 5.74) is 1.86. The maximum absolute atomic E-state index is 12.3. The first-order valence-corrected chi connectivity index (χ1v) is 7.06. The van der Waals surface area contributed by atoms with E-state index in [1.165, 1.54) is 0 Å². The highest BCUT2D eigenvalue weighted by atomic mass is 16.5. The summed E-state index contributed by atoms with van der Waals surface area (Å²) in [6.45, 7) is 4.78. The summed E-state index contributed by atoms with van der Waals surface area (Å²) in [6.07, 6.45) is 3.25. The number of para-hydroxylation sites is 1. The van der Waals surface area contributed by atoms with E-state index in [4.69, 9.17) is 4.74 Å². The Morgan fingerprint density at radius 3 is 3.05 bits per heavy atom. The van der Waals surface area contributed by atoms with Gasteiger partial charge in [0, 0.05) is 23.7 Å². The fourth-order valence-electron chi connectivity index (χ4n) is 2.81. The van der Waals surface area contributed by atoms with Gasteiger partial charge in [-0.05, 0) is 31.9 Å². The van der Waals surface area contributed by atoms with Gasteiger partial charge in [-0.1, -0.05) is 18.2 Å². The maximum atomic E-state index is 12.3. The van der Waals surface area contributed by atoms with Crippen molar-refractivity contribution in [3.63, 3.8) is 0 Å². The Labute approximate surface area is 118 Å². The van der Waals surface area contributed by atoms with Crippen molar-refractivity contribution in [2.24, 2.45) is 0 Å². The zero-order chi connectivity index (χ0) is 14.2. The van der Waals surface area contributed by atoms with E-state index in [1.54, 1.807) is 0 Å². The number of H-pyrrole nitrogens is 1. The first-order valence-electron chi connectivity index (χ1n) is 7.06. The van der Waals surface area contributed by atoms with Crippen molar-refractivity contribution < 1.29 is 9.53 Å². The lowest BCUT2D eigenvalue weighted by Gasteiger charge is -2.28. The summed E-state index contributed by atoms with van der Waals surface area (Å²) in [7, 11) is 0. The Bertz CT molecular complexity index is 634. The molecule has 2 unspecified atom stereocenters. The summed E-state index contributed by atoms with van der Waals surface area (Å²) in [5, 5.41) is 4.24. The number of benzene rings is 1. The lowest BCUT2D eigenvalue weighted by atomic mass is 9.94. The van der Waals surface area contributed by atoms with Crippen LogP contribution in [0.2, 0.25) is 0 Å². The molecule has 106 valence electrons. The van der Waals surface area contributed by atoms with Gasteiger partial charge < -0.3 is 15.0 Å². The number of carbonyl (C=O) groups excluding carboxylic acids is 1. The van der Waals surface area contributed by atoms with Crippen molar-refractivity contribution in [1.29, 1.82) is 0 Å². The Morgan fingerprint density at radius 1 is 1.50 bits per heavy atom. The maximum Gasteiger partial charge on any atom is 0.225 e. The molecule has 1 aromatic carbocycles. The van der Waals surface area contributed by atoms with Crippen molar-refractivity contribution in [2.75, 3.05) is 6.61 Å². The molecule has 0 aliphatic carbocycles. The summed E-state index contributed by atoms with van der Waals surface area (Å²) >= 11 is 0. The highest BCUT2D eigenvalue weighted by Gasteiger charge is 2.38. The van der Waals surface area contributed by atoms with E-state index in [1.807, 2.05) is 37.4 Å². The SMILES string of the molecule is CC1OCCC1(C)NC(=O)Cc1c[nH]c2ccccc12. The molecule has 0 bridgehead atoms. The Hall–Kier alpha value is -1.81. The summed E-state index contributed by atoms with van der Waals surface area (Å²) < 4.78 is 5.55. The minimum Gasteiger partial charge on any atom is -0.376 e. The van der Waals surface area contributed by atoms with E-state index in [2.05, 4.69) is 17.2 Å². The first-order chi connectivity index (χ1) is 9.58. The molecule has 1 aliphatic heterocycles. The quantitative estimate of drug-likeness (QED) is 0.901. The van der Waals surface area contributed by atoms with E-state index in [9.17, 15) is 4.79 Å². The van der Waals surface area contributed by atoms with Crippen LogP contribution in [0.5, 0.6) is 0 Å². The van der Waals surface area contributed by atoms with Crippen molar-refractivity contribution in [3.05, 3.63) is 36.0 Å². The number of fused-ring (bicyclic) bond motifs is 1. The van der Waals surface area contributed by atoms with Crippen LogP contribution >= 0.6 is 0 Å². The average Bonchev–Trinajstić information content (AvgIpc) is 2.95. The third-order valence-corrected chi connectivity index (χ3v) is 4.34. The number of hydrogen-bond donors (Lipinski definition) is 2. The van der Waals surface area contributed by atoms with Gasteiger partial charge in [-0.25, -0.2) is 0 Å². The van der Waals surface area contributed by atoms with Gasteiger partial charge in [0.2, 0.25) is 5.91 Å². The number of nitrogens with one attached hydrogen (secondary N) is 2. The molecular weight excluding hydrogens is 252 g/mol. The molecule has 2 N–H and O–H groups in total. The predicted octanol–water partition coefficient (Wildman–Crippen LogP) is 2.39. The number of rotatable bonds is 3. The van der Waals surface area contributed by atoms with Gasteiger partial charge in [0.05, 0.1) is 18.1 Å². The zero-order valence-corrected chi connectivity index (χ0v) is 11.9. The minimum absolute atomic E-state index is 0.0506. The predicted molar refractivity (Wildman–Crippen MR) is 78.6 cm³/mol. The number of aromatic amines is 1. The molecule has 1 aliphatic rings. The van der Waals surface area contributed by atoms with Crippen LogP contribution in [0.3, 0.4) is 0 Å². The minimum atomic E-state index is -0.247. The third kappa shape index (κ3) is 2.31. The van der Waals surface area contributed by atoms with Gasteiger partial charge in [0.15, 0.2) is 0 Å². The van der Waals surface area contributed by atoms with Gasteiger partial charge in [0.25, 0.3) is 0 Å². The molecule has 4 nitrogen and oxygen atoms in total. The van der Waals surface area contributed by atoms with Crippen LogP contribution in [0, 0.1) is 0 Å². The summed E-state index contributed by atoms with van der Waals surface area (Å²) in [5.74, 6) is 0.0506. The summed E-state index contributed by atoms with van der Waals surface area (Å²) in [6, 6.07) is 8.04. The Morgan fingerprint density at radius 2 is 2.30 bits per heavy atom. The number of carbonyl (C=O) groups is 1. The van der Waals surface area contributed by atoms with Crippen molar-refractivity contribution in [1.82, 2.24) is 10.3 Å². The molecule has 2 heterocycles. The van der Waals surface area contributed by atoms with Crippen LogP contribution in [0.15, 0.2) is 30.5 Å². The standard InChI is InChI=1S/C16H20N2O2/c1-11-16(2,7-8-20-11)18-15(19)9-12-10-17-14-6-4-3-5-13(12)14/h3-6,10-11,17H,7-9H2,1-2H3,(H,18,19). The lowest BCUT2D eigenvalue weighted by molar-refractivity contribution is -0.122. The van der Waals surface area contributed by atoms with Crippen LogP contribution in [-0.2, 0) is 16.0 Å². The van der Waals surface area contributed by atoms with E-state index in [0.717, 1.165) is 22.9 Å². The highest BCUT2D eigenvalue weighted by molar-refractivity contribution is 5.89. The highest BCUT2D eigenvalue weighted by Crippen LogP contribution is 2.25. The van der Waals surface area contributed by atoms with Gasteiger partial charge in [-0.15, -0.1) is 0 Å². The molecule has 0 spiro atoms. The zero-order valence-electron chi connectivity index (χ0n) is 11.9. The number of ether oxygens (including phenoxy) is 1. The second kappa shape index (κ2) is 4.94. The molecule has 2 atom stereocenters. The van der Waals surface area contributed by atoms with E-state index >= 15 is 0 Å². The molecule has 3 rings (SSSR count). The normalized spacial score (nSPS) is 26.0. The first kappa shape index (κ1) is 13.2. The Kier molecular flexibility index (Phi) is 3.26. The average molecular weight is 272 g/mol. The number of amides is 1. The van der Waals surface area contributed by atoms with Crippen LogP contribution in [-0.4, -0.2) is 29.1 Å². The molecule has 1 amide bonds. The van der Waals surface area contributed by atoms with Crippen molar-refractivity contribution >= 4 is 16.8 Å². The van der Waals surface area contributed by atoms with Crippen LogP contribution in [0.25, 0.3) is 10.9 Å². The third-order valence-electron chi connectivity index (χ3n) is 4.34. The number of aromatic nitrogens is 1. The summed E-state index contributed by atoms with van der Waals surface area (Å²) in [4.78, 5) is 15.5. The molecule has 4 heteroatoms. The fraction of sp³-hybridized carbons (Fsp3) is 0.438. The Balaban J connectivity index is 1.73. The van der Waals surface area contributed by atoms with Gasteiger partial charge in [0.1, 0.15) is 0 Å². The molecule has 0 radical (unpaired) electrons. The number of hydrogen-bond acceptors (Lipinski definition) is 2. The lowest BCUT2D eigenvalue weighted by Crippen LogP contribution is -2.51. The molecule has 1 fully saturated rings. The second-order valence-electron chi connectivity index (χ2n) is 5.76. The van der Waals surface area contributed by atoms with E-state index in [0.29, 0.717) is 13.0 Å². The molecule has 20 heavy (non-hydrogen) atoms. The van der Waals surface area contributed by atoms with Crippen molar-refractivity contribution in [2.45, 2.75) is 38.3 Å². The monoisotopic (exact) mass is 272 g/mol. The fourth-order valence-corrected chi connectivity index (χ4v) is 2.81. The second-order valence-corrected chi connectivity index (χ2v) is 5.76. The molecule has 0 saturated carbocycles. The van der Waals surface area contributed by atoms with Gasteiger partial charge in [-0.3, -0.25) is 4.79 Å². The van der Waals surface area contributed by atoms with E-state index < -0.39 is 0 Å². The molecule has 2 aromatic rings. The van der Waals surface area contributed by atoms with Gasteiger partial charge >= 0.3 is 0 Å². The molecular formula is C16H20N2O2. The molecule has 1 aromatic heterocycles. The van der Waals surface area contributed by atoms with Crippen LogP contribution < -0.4 is 5.32 Å². The molecule has 1 saturated heterocycles. The van der Waals surface area contributed by atoms with Gasteiger partial charge in [-0.2, -0.15) is 0 Å².